The molecule has 11 nitrogen and oxygen atoms in total. The fraction of sp³-hybridized carbons (Fsp3) is 0.154. The molecule has 12 heteroatoms. The van der Waals surface area contributed by atoms with E-state index in [4.69, 9.17) is 0 Å². The molecular formula is C13H13N5O6S. The maximum absolute atomic E-state index is 11.2. The van der Waals surface area contributed by atoms with Crippen LogP contribution in [-0.2, 0) is 0 Å². The maximum atomic E-state index is 11.2. The van der Waals surface area contributed by atoms with Crippen molar-refractivity contribution in [2.24, 2.45) is 0 Å². The standard InChI is InChI=1S/C13H10N4O6S.H3N/c1-6-3-7(2)15-13(14-6)24-11-9(16(20)21)4-8(12(18)19)5-10(11)17(22)23;/h3-5H,1-2H3,(H,18,19);1H3. The minimum atomic E-state index is -1.75. The van der Waals surface area contributed by atoms with Crippen LogP contribution in [0.1, 0.15) is 21.7 Å². The van der Waals surface area contributed by atoms with E-state index in [-0.39, 0.29) is 16.2 Å². The largest absolute Gasteiger partial charge is 0.545 e. The molecule has 0 atom stereocenters. The summed E-state index contributed by atoms with van der Waals surface area (Å²) in [7, 11) is 0. The fourth-order valence-electron chi connectivity index (χ4n) is 1.92. The molecule has 0 spiro atoms. The van der Waals surface area contributed by atoms with Crippen molar-refractivity contribution in [1.29, 1.82) is 0 Å². The molecule has 0 amide bonds. The topological polar surface area (TPSA) is 189 Å². The number of aromatic nitrogens is 2. The highest BCUT2D eigenvalue weighted by Gasteiger charge is 2.29. The number of hydrogen-bond donors (Lipinski definition) is 1. The van der Waals surface area contributed by atoms with Crippen molar-refractivity contribution in [1.82, 2.24) is 16.1 Å². The van der Waals surface area contributed by atoms with Crippen molar-refractivity contribution in [3.05, 3.63) is 55.4 Å². The van der Waals surface area contributed by atoms with Crippen LogP contribution in [0.2, 0.25) is 0 Å². The minimum Gasteiger partial charge on any atom is -0.545 e. The van der Waals surface area contributed by atoms with E-state index in [0.717, 1.165) is 0 Å². The molecule has 0 aliphatic carbocycles. The average molecular weight is 367 g/mol. The Morgan fingerprint density at radius 2 is 1.44 bits per heavy atom. The molecular weight excluding hydrogens is 354 g/mol. The Labute approximate surface area is 145 Å². The summed E-state index contributed by atoms with van der Waals surface area (Å²) in [6.45, 7) is 3.36. The first-order chi connectivity index (χ1) is 11.2. The van der Waals surface area contributed by atoms with Gasteiger partial charge < -0.3 is 16.1 Å². The third-order valence-electron chi connectivity index (χ3n) is 2.83. The van der Waals surface area contributed by atoms with Crippen molar-refractivity contribution in [2.75, 3.05) is 0 Å². The first kappa shape index (κ1) is 19.9. The molecule has 0 radical (unpaired) electrons. The zero-order valence-electron chi connectivity index (χ0n) is 13.4. The van der Waals surface area contributed by atoms with Gasteiger partial charge >= 0.3 is 0 Å². The molecule has 1 aromatic heterocycles. The number of quaternary nitrogens is 1. The van der Waals surface area contributed by atoms with E-state index in [2.05, 4.69) is 9.97 Å². The summed E-state index contributed by atoms with van der Waals surface area (Å²) in [5.74, 6) is -1.75. The van der Waals surface area contributed by atoms with E-state index in [0.29, 0.717) is 35.3 Å². The van der Waals surface area contributed by atoms with Gasteiger partial charge in [0.1, 0.15) is 0 Å². The molecule has 0 bridgehead atoms. The number of aryl methyl sites for hydroxylation is 2. The maximum Gasteiger partial charge on any atom is 0.291 e. The van der Waals surface area contributed by atoms with Gasteiger partial charge in [0.05, 0.1) is 15.8 Å². The number of nitro groups is 2. The molecule has 4 N–H and O–H groups in total. The molecule has 0 saturated carbocycles. The summed E-state index contributed by atoms with van der Waals surface area (Å²) in [5.41, 5.74) is -0.935. The SMILES string of the molecule is Cc1cc(C)nc(Sc2c([N+](=O)[O-])cc(C(=O)[O-])cc2[N+](=O)[O-])n1.[NH4+]. The zero-order chi connectivity index (χ0) is 18.0. The first-order valence-electron chi connectivity index (χ1n) is 6.37. The summed E-state index contributed by atoms with van der Waals surface area (Å²) in [4.78, 5) is 39.3. The van der Waals surface area contributed by atoms with E-state index >= 15 is 0 Å². The molecule has 2 aromatic rings. The minimum absolute atomic E-state index is 0. The van der Waals surface area contributed by atoms with E-state index < -0.39 is 32.8 Å². The summed E-state index contributed by atoms with van der Waals surface area (Å²) in [6, 6.07) is 3.10. The van der Waals surface area contributed by atoms with Crippen LogP contribution < -0.4 is 11.3 Å². The third-order valence-corrected chi connectivity index (χ3v) is 3.82. The molecule has 1 heterocycles. The Morgan fingerprint density at radius 3 is 1.80 bits per heavy atom. The molecule has 0 fully saturated rings. The molecule has 0 saturated heterocycles. The fourth-order valence-corrected chi connectivity index (χ4v) is 2.96. The monoisotopic (exact) mass is 367 g/mol. The summed E-state index contributed by atoms with van der Waals surface area (Å²) < 4.78 is 0. The highest BCUT2D eigenvalue weighted by atomic mass is 32.2. The number of aromatic carboxylic acids is 1. The van der Waals surface area contributed by atoms with Crippen molar-refractivity contribution in [3.8, 4) is 0 Å². The number of carboxylic acid groups (broad SMARTS) is 1. The lowest BCUT2D eigenvalue weighted by Gasteiger charge is -2.08. The van der Waals surface area contributed by atoms with Crippen LogP contribution in [0.3, 0.4) is 0 Å². The number of benzene rings is 1. The van der Waals surface area contributed by atoms with Crippen molar-refractivity contribution in [3.63, 3.8) is 0 Å². The Kier molecular flexibility index (Phi) is 6.08. The van der Waals surface area contributed by atoms with Gasteiger partial charge in [-0.05, 0) is 31.7 Å². The van der Waals surface area contributed by atoms with Crippen LogP contribution in [0, 0.1) is 34.1 Å². The second-order valence-corrected chi connectivity index (χ2v) is 5.66. The van der Waals surface area contributed by atoms with E-state index in [1.807, 2.05) is 0 Å². The highest BCUT2D eigenvalue weighted by Crippen LogP contribution is 2.41. The van der Waals surface area contributed by atoms with Gasteiger partial charge in [-0.1, -0.05) is 0 Å². The summed E-state index contributed by atoms with van der Waals surface area (Å²) in [5, 5.41) is 33.4. The number of nitro benzene ring substituents is 2. The van der Waals surface area contributed by atoms with Gasteiger partial charge in [-0.25, -0.2) is 9.97 Å². The quantitative estimate of drug-likeness (QED) is 0.466. The number of hydrogen-bond acceptors (Lipinski definition) is 9. The first-order valence-corrected chi connectivity index (χ1v) is 7.19. The predicted octanol–water partition coefficient (Wildman–Crippen LogP) is 1.80. The number of carbonyl (C=O) groups excluding carboxylic acids is 1. The summed E-state index contributed by atoms with van der Waals surface area (Å²) >= 11 is 0.627. The number of carboxylic acids is 1. The van der Waals surface area contributed by atoms with Gasteiger partial charge in [-0.15, -0.1) is 0 Å². The van der Waals surface area contributed by atoms with Crippen LogP contribution in [0.25, 0.3) is 0 Å². The number of rotatable bonds is 5. The van der Waals surface area contributed by atoms with Gasteiger partial charge in [-0.2, -0.15) is 0 Å². The van der Waals surface area contributed by atoms with E-state index in [1.54, 1.807) is 19.9 Å². The molecule has 2 rings (SSSR count). The second kappa shape index (κ2) is 7.63. The predicted molar refractivity (Wildman–Crippen MR) is 85.7 cm³/mol. The Bertz CT molecular complexity index is 817. The van der Waals surface area contributed by atoms with Crippen LogP contribution in [0.15, 0.2) is 28.3 Å². The number of nitrogens with zero attached hydrogens (tertiary/aromatic N) is 4. The average Bonchev–Trinajstić information content (AvgIpc) is 2.45. The Hall–Kier alpha value is -3.12. The van der Waals surface area contributed by atoms with Gasteiger partial charge in [0.15, 0.2) is 10.1 Å². The third kappa shape index (κ3) is 4.45. The molecule has 0 aliphatic rings. The lowest BCUT2D eigenvalue weighted by atomic mass is 10.2. The second-order valence-electron chi connectivity index (χ2n) is 4.68. The Morgan fingerprint density at radius 1 is 1.00 bits per heavy atom. The van der Waals surface area contributed by atoms with Crippen molar-refractivity contribution in [2.45, 2.75) is 23.9 Å². The molecule has 132 valence electrons. The van der Waals surface area contributed by atoms with Gasteiger partial charge in [0.25, 0.3) is 11.4 Å². The lowest BCUT2D eigenvalue weighted by molar-refractivity contribution is -0.399. The van der Waals surface area contributed by atoms with Crippen LogP contribution >= 0.6 is 11.8 Å². The lowest BCUT2D eigenvalue weighted by Crippen LogP contribution is -2.22. The van der Waals surface area contributed by atoms with Gasteiger partial charge in [0.2, 0.25) is 0 Å². The highest BCUT2D eigenvalue weighted by molar-refractivity contribution is 7.99. The number of carbonyl (C=O) groups is 1. The van der Waals surface area contributed by atoms with Crippen LogP contribution in [0.5, 0.6) is 0 Å². The smallest absolute Gasteiger partial charge is 0.291 e. The molecule has 25 heavy (non-hydrogen) atoms. The van der Waals surface area contributed by atoms with E-state index in [1.165, 1.54) is 0 Å². The van der Waals surface area contributed by atoms with Crippen molar-refractivity contribution >= 4 is 29.1 Å². The molecule has 1 aromatic carbocycles. The molecule has 0 unspecified atom stereocenters. The van der Waals surface area contributed by atoms with Crippen molar-refractivity contribution < 1.29 is 19.7 Å². The normalized spacial score (nSPS) is 10.0. The molecule has 0 aliphatic heterocycles. The Balaban J connectivity index is 0.00000312. The van der Waals surface area contributed by atoms with E-state index in [9.17, 15) is 30.1 Å². The summed E-state index contributed by atoms with van der Waals surface area (Å²) in [6.07, 6.45) is 0. The zero-order valence-corrected chi connectivity index (χ0v) is 14.2. The van der Waals surface area contributed by atoms with Crippen LogP contribution in [-0.4, -0.2) is 25.8 Å². The van der Waals surface area contributed by atoms with Gasteiger partial charge in [0, 0.05) is 29.1 Å². The van der Waals surface area contributed by atoms with Gasteiger partial charge in [-0.3, -0.25) is 20.2 Å². The van der Waals surface area contributed by atoms with Crippen LogP contribution in [0.4, 0.5) is 11.4 Å².